The summed E-state index contributed by atoms with van der Waals surface area (Å²) < 4.78 is 5.56. The van der Waals surface area contributed by atoms with Crippen molar-refractivity contribution in [1.29, 1.82) is 0 Å². The lowest BCUT2D eigenvalue weighted by atomic mass is 9.94. The summed E-state index contributed by atoms with van der Waals surface area (Å²) in [6.45, 7) is 0.970. The quantitative estimate of drug-likeness (QED) is 0.765. The Bertz CT molecular complexity index is 763. The minimum Gasteiger partial charge on any atom is -0.376 e. The van der Waals surface area contributed by atoms with Crippen LogP contribution in [0.1, 0.15) is 76.0 Å². The lowest BCUT2D eigenvalue weighted by Crippen LogP contribution is -2.38. The van der Waals surface area contributed by atoms with Gasteiger partial charge in [-0.15, -0.1) is 0 Å². The van der Waals surface area contributed by atoms with Crippen LogP contribution in [0.4, 0.5) is 0 Å². The van der Waals surface area contributed by atoms with E-state index in [1.165, 1.54) is 11.3 Å². The molecule has 3 amide bonds. The molecule has 1 aliphatic carbocycles. The second-order valence-electron chi connectivity index (χ2n) is 7.82. The maximum Gasteiger partial charge on any atom is 0.261 e. The molecule has 0 aromatic heterocycles. The molecular weight excluding hydrogens is 344 g/mol. The van der Waals surface area contributed by atoms with E-state index in [-0.39, 0.29) is 36.4 Å². The highest BCUT2D eigenvalue weighted by Crippen LogP contribution is 2.28. The van der Waals surface area contributed by atoms with Gasteiger partial charge in [-0.25, -0.2) is 0 Å². The number of imide groups is 1. The standard InChI is InChI=1S/C21H26N2O4/c1-22(15-6-3-2-4-7-15)19(24)14-9-10-17-18(12-14)21(26)23(20(17)25)13-16-8-5-11-27-16/h9-10,12,15-16H,2-8,11,13H2,1H3. The van der Waals surface area contributed by atoms with Crippen molar-refractivity contribution in [2.24, 2.45) is 0 Å². The van der Waals surface area contributed by atoms with Crippen LogP contribution in [0.15, 0.2) is 18.2 Å². The molecule has 1 atom stereocenters. The summed E-state index contributed by atoms with van der Waals surface area (Å²) in [6, 6.07) is 5.13. The van der Waals surface area contributed by atoms with Gasteiger partial charge >= 0.3 is 0 Å². The third-order valence-electron chi connectivity index (χ3n) is 6.07. The lowest BCUT2D eigenvalue weighted by molar-refractivity contribution is 0.0475. The predicted molar refractivity (Wildman–Crippen MR) is 99.7 cm³/mol. The largest absolute Gasteiger partial charge is 0.376 e. The molecule has 1 aromatic rings. The molecule has 1 aromatic carbocycles. The van der Waals surface area contributed by atoms with Crippen LogP contribution in [0.3, 0.4) is 0 Å². The van der Waals surface area contributed by atoms with Gasteiger partial charge in [0.2, 0.25) is 0 Å². The number of carbonyl (C=O) groups excluding carboxylic acids is 3. The maximum absolute atomic E-state index is 12.9. The van der Waals surface area contributed by atoms with Crippen molar-refractivity contribution in [2.45, 2.75) is 57.1 Å². The Kier molecular flexibility index (Phi) is 5.00. The molecule has 0 radical (unpaired) electrons. The molecule has 4 rings (SSSR count). The van der Waals surface area contributed by atoms with Crippen molar-refractivity contribution in [1.82, 2.24) is 9.80 Å². The molecule has 0 bridgehead atoms. The van der Waals surface area contributed by atoms with Gasteiger partial charge in [0.1, 0.15) is 0 Å². The number of rotatable bonds is 4. The van der Waals surface area contributed by atoms with Gasteiger partial charge in [-0.3, -0.25) is 19.3 Å². The topological polar surface area (TPSA) is 66.9 Å². The molecule has 27 heavy (non-hydrogen) atoms. The average molecular weight is 370 g/mol. The van der Waals surface area contributed by atoms with Gasteiger partial charge in [0.05, 0.1) is 23.8 Å². The Morgan fingerprint density at radius 2 is 1.81 bits per heavy atom. The van der Waals surface area contributed by atoms with Crippen LogP contribution in [0, 0.1) is 0 Å². The highest BCUT2D eigenvalue weighted by Gasteiger charge is 2.38. The van der Waals surface area contributed by atoms with Crippen molar-refractivity contribution in [3.05, 3.63) is 34.9 Å². The fourth-order valence-corrected chi connectivity index (χ4v) is 4.42. The summed E-state index contributed by atoms with van der Waals surface area (Å²) in [7, 11) is 1.84. The molecular formula is C21H26N2O4. The van der Waals surface area contributed by atoms with Gasteiger partial charge in [-0.05, 0) is 43.9 Å². The number of nitrogens with zero attached hydrogens (tertiary/aromatic N) is 2. The highest BCUT2D eigenvalue weighted by atomic mass is 16.5. The molecule has 6 heteroatoms. The Hall–Kier alpha value is -2.21. The van der Waals surface area contributed by atoms with Crippen molar-refractivity contribution < 1.29 is 19.1 Å². The van der Waals surface area contributed by atoms with Gasteiger partial charge in [-0.1, -0.05) is 19.3 Å². The van der Waals surface area contributed by atoms with E-state index >= 15 is 0 Å². The van der Waals surface area contributed by atoms with Crippen molar-refractivity contribution >= 4 is 17.7 Å². The number of ether oxygens (including phenoxy) is 1. The summed E-state index contributed by atoms with van der Waals surface area (Å²) in [5.41, 5.74) is 1.19. The minimum atomic E-state index is -0.319. The van der Waals surface area contributed by atoms with Gasteiger partial charge in [0, 0.05) is 25.3 Å². The van der Waals surface area contributed by atoms with Crippen LogP contribution in [0.5, 0.6) is 0 Å². The molecule has 144 valence electrons. The summed E-state index contributed by atoms with van der Waals surface area (Å²) >= 11 is 0. The van der Waals surface area contributed by atoms with Crippen molar-refractivity contribution in [3.8, 4) is 0 Å². The van der Waals surface area contributed by atoms with Crippen LogP contribution in [-0.2, 0) is 4.74 Å². The van der Waals surface area contributed by atoms with E-state index in [4.69, 9.17) is 4.74 Å². The molecule has 1 saturated heterocycles. The smallest absolute Gasteiger partial charge is 0.261 e. The zero-order chi connectivity index (χ0) is 19.0. The zero-order valence-electron chi connectivity index (χ0n) is 15.8. The van der Waals surface area contributed by atoms with E-state index in [1.54, 1.807) is 23.1 Å². The summed E-state index contributed by atoms with van der Waals surface area (Å²) in [6.07, 6.45) is 7.33. The SMILES string of the molecule is CN(C(=O)c1ccc2c(c1)C(=O)N(CC1CCCO1)C2=O)C1CCCCC1. The van der Waals surface area contributed by atoms with Crippen LogP contribution in [0.25, 0.3) is 0 Å². The second kappa shape index (κ2) is 7.43. The van der Waals surface area contributed by atoms with E-state index in [0.717, 1.165) is 38.5 Å². The van der Waals surface area contributed by atoms with Crippen molar-refractivity contribution in [3.63, 3.8) is 0 Å². The van der Waals surface area contributed by atoms with Gasteiger partial charge in [0.25, 0.3) is 17.7 Å². The molecule has 2 heterocycles. The molecule has 0 spiro atoms. The number of benzene rings is 1. The molecule has 2 fully saturated rings. The third kappa shape index (κ3) is 3.38. The number of hydrogen-bond acceptors (Lipinski definition) is 4. The first-order valence-corrected chi connectivity index (χ1v) is 9.95. The summed E-state index contributed by atoms with van der Waals surface area (Å²) in [5.74, 6) is -0.687. The fourth-order valence-electron chi connectivity index (χ4n) is 4.42. The van der Waals surface area contributed by atoms with E-state index in [0.29, 0.717) is 23.3 Å². The van der Waals surface area contributed by atoms with Gasteiger partial charge in [0.15, 0.2) is 0 Å². The first-order valence-electron chi connectivity index (χ1n) is 9.95. The molecule has 6 nitrogen and oxygen atoms in total. The fraction of sp³-hybridized carbons (Fsp3) is 0.571. The van der Waals surface area contributed by atoms with Crippen LogP contribution in [0.2, 0.25) is 0 Å². The molecule has 2 aliphatic heterocycles. The highest BCUT2D eigenvalue weighted by molar-refractivity contribution is 6.22. The number of fused-ring (bicyclic) bond motifs is 1. The normalized spacial score (nSPS) is 23.0. The van der Waals surface area contributed by atoms with E-state index in [2.05, 4.69) is 0 Å². The monoisotopic (exact) mass is 370 g/mol. The second-order valence-corrected chi connectivity index (χ2v) is 7.82. The number of amides is 3. The van der Waals surface area contributed by atoms with E-state index < -0.39 is 0 Å². The minimum absolute atomic E-state index is 0.0780. The van der Waals surface area contributed by atoms with E-state index in [9.17, 15) is 14.4 Å². The van der Waals surface area contributed by atoms with Crippen molar-refractivity contribution in [2.75, 3.05) is 20.2 Å². The van der Waals surface area contributed by atoms with Crippen LogP contribution < -0.4 is 0 Å². The first-order chi connectivity index (χ1) is 13.1. The van der Waals surface area contributed by atoms with Crippen LogP contribution >= 0.6 is 0 Å². The number of carbonyl (C=O) groups is 3. The van der Waals surface area contributed by atoms with E-state index in [1.807, 2.05) is 7.05 Å². The summed E-state index contributed by atoms with van der Waals surface area (Å²) in [4.78, 5) is 41.3. The van der Waals surface area contributed by atoms with Gasteiger partial charge in [-0.2, -0.15) is 0 Å². The average Bonchev–Trinajstić information content (AvgIpc) is 3.30. The number of hydrogen-bond donors (Lipinski definition) is 0. The Labute approximate surface area is 159 Å². The Balaban J connectivity index is 1.52. The third-order valence-corrected chi connectivity index (χ3v) is 6.07. The molecule has 1 unspecified atom stereocenters. The molecule has 1 saturated carbocycles. The predicted octanol–water partition coefficient (Wildman–Crippen LogP) is 2.87. The Morgan fingerprint density at radius 3 is 2.52 bits per heavy atom. The zero-order valence-corrected chi connectivity index (χ0v) is 15.8. The Morgan fingerprint density at radius 1 is 1.07 bits per heavy atom. The van der Waals surface area contributed by atoms with Crippen LogP contribution in [-0.4, -0.2) is 59.9 Å². The molecule has 3 aliphatic rings. The summed E-state index contributed by atoms with van der Waals surface area (Å²) in [5, 5.41) is 0. The first kappa shape index (κ1) is 18.2. The van der Waals surface area contributed by atoms with Gasteiger partial charge < -0.3 is 9.64 Å². The molecule has 0 N–H and O–H groups in total. The maximum atomic E-state index is 12.9. The lowest BCUT2D eigenvalue weighted by Gasteiger charge is -2.31.